The number of carbonyl (C=O) groups excluding carboxylic acids is 2. The first-order valence-corrected chi connectivity index (χ1v) is 8.64. The van der Waals surface area contributed by atoms with Crippen molar-refractivity contribution in [2.45, 2.75) is 45.6 Å². The number of rotatable bonds is 7. The Labute approximate surface area is 142 Å². The molecule has 2 amide bonds. The SMILES string of the molecule is CCCOc1ccc(C(=O)NC2CCCCNC2=O)cc1OCC. The number of ether oxygens (including phenoxy) is 2. The minimum atomic E-state index is -0.480. The lowest BCUT2D eigenvalue weighted by Crippen LogP contribution is -2.45. The van der Waals surface area contributed by atoms with Gasteiger partial charge < -0.3 is 20.1 Å². The van der Waals surface area contributed by atoms with Gasteiger partial charge in [-0.1, -0.05) is 6.92 Å². The molecule has 0 saturated carbocycles. The zero-order valence-electron chi connectivity index (χ0n) is 14.4. The minimum absolute atomic E-state index is 0.117. The lowest BCUT2D eigenvalue weighted by molar-refractivity contribution is -0.122. The van der Waals surface area contributed by atoms with Crippen molar-refractivity contribution < 1.29 is 19.1 Å². The van der Waals surface area contributed by atoms with Gasteiger partial charge in [0.2, 0.25) is 5.91 Å². The highest BCUT2D eigenvalue weighted by atomic mass is 16.5. The average molecular weight is 334 g/mol. The van der Waals surface area contributed by atoms with Gasteiger partial charge in [0, 0.05) is 12.1 Å². The molecule has 1 aromatic carbocycles. The van der Waals surface area contributed by atoms with E-state index >= 15 is 0 Å². The predicted octanol–water partition coefficient (Wildman–Crippen LogP) is 2.27. The molecule has 1 aliphatic heterocycles. The Morgan fingerprint density at radius 3 is 2.83 bits per heavy atom. The molecule has 2 rings (SSSR count). The Morgan fingerprint density at radius 1 is 1.25 bits per heavy atom. The third-order valence-electron chi connectivity index (χ3n) is 3.81. The summed E-state index contributed by atoms with van der Waals surface area (Å²) in [6.07, 6.45) is 3.41. The van der Waals surface area contributed by atoms with Crippen LogP contribution in [0.1, 0.15) is 49.9 Å². The molecule has 6 nitrogen and oxygen atoms in total. The number of hydrogen-bond acceptors (Lipinski definition) is 4. The highest BCUT2D eigenvalue weighted by Gasteiger charge is 2.23. The second-order valence-corrected chi connectivity index (χ2v) is 5.76. The van der Waals surface area contributed by atoms with Gasteiger partial charge in [-0.05, 0) is 50.8 Å². The summed E-state index contributed by atoms with van der Waals surface area (Å²) >= 11 is 0. The topological polar surface area (TPSA) is 76.7 Å². The summed E-state index contributed by atoms with van der Waals surface area (Å²) in [6, 6.07) is 4.62. The first-order valence-electron chi connectivity index (χ1n) is 8.64. The monoisotopic (exact) mass is 334 g/mol. The smallest absolute Gasteiger partial charge is 0.252 e. The molecule has 0 radical (unpaired) electrons. The largest absolute Gasteiger partial charge is 0.490 e. The molecule has 1 saturated heterocycles. The highest BCUT2D eigenvalue weighted by Crippen LogP contribution is 2.28. The highest BCUT2D eigenvalue weighted by molar-refractivity contribution is 5.98. The van der Waals surface area contributed by atoms with E-state index < -0.39 is 6.04 Å². The van der Waals surface area contributed by atoms with Gasteiger partial charge in [-0.15, -0.1) is 0 Å². The van der Waals surface area contributed by atoms with Crippen molar-refractivity contribution in [1.82, 2.24) is 10.6 Å². The number of nitrogens with one attached hydrogen (secondary N) is 2. The zero-order valence-corrected chi connectivity index (χ0v) is 14.4. The van der Waals surface area contributed by atoms with Crippen LogP contribution in [0.4, 0.5) is 0 Å². The van der Waals surface area contributed by atoms with Crippen LogP contribution in [0, 0.1) is 0 Å². The Hall–Kier alpha value is -2.24. The molecule has 1 heterocycles. The molecule has 1 aromatic rings. The van der Waals surface area contributed by atoms with Crippen LogP contribution in [-0.4, -0.2) is 37.6 Å². The van der Waals surface area contributed by atoms with E-state index in [2.05, 4.69) is 10.6 Å². The molecule has 0 spiro atoms. The number of amides is 2. The fourth-order valence-corrected chi connectivity index (χ4v) is 2.57. The summed E-state index contributed by atoms with van der Waals surface area (Å²) in [5, 5.41) is 5.63. The van der Waals surface area contributed by atoms with Crippen molar-refractivity contribution in [2.75, 3.05) is 19.8 Å². The third-order valence-corrected chi connectivity index (χ3v) is 3.81. The van der Waals surface area contributed by atoms with Crippen LogP contribution < -0.4 is 20.1 Å². The standard InChI is InChI=1S/C18H26N2O4/c1-3-11-24-15-9-8-13(12-16(15)23-4-2)17(21)20-14-7-5-6-10-19-18(14)22/h8-9,12,14H,3-7,10-11H2,1-2H3,(H,19,22)(H,20,21). The fraction of sp³-hybridized carbons (Fsp3) is 0.556. The lowest BCUT2D eigenvalue weighted by atomic mass is 10.1. The molecule has 1 atom stereocenters. The van der Waals surface area contributed by atoms with E-state index in [9.17, 15) is 9.59 Å². The van der Waals surface area contributed by atoms with Gasteiger partial charge in [0.15, 0.2) is 11.5 Å². The van der Waals surface area contributed by atoms with E-state index in [1.807, 2.05) is 13.8 Å². The minimum Gasteiger partial charge on any atom is -0.490 e. The quantitative estimate of drug-likeness (QED) is 0.802. The number of benzene rings is 1. The number of carbonyl (C=O) groups is 2. The van der Waals surface area contributed by atoms with E-state index in [0.717, 1.165) is 19.3 Å². The van der Waals surface area contributed by atoms with Crippen molar-refractivity contribution in [2.24, 2.45) is 0 Å². The van der Waals surface area contributed by atoms with Gasteiger partial charge >= 0.3 is 0 Å². The molecule has 0 aromatic heterocycles. The summed E-state index contributed by atoms with van der Waals surface area (Å²) in [7, 11) is 0. The summed E-state index contributed by atoms with van der Waals surface area (Å²) in [5.74, 6) is 0.778. The maximum absolute atomic E-state index is 12.5. The van der Waals surface area contributed by atoms with Crippen LogP contribution in [0.5, 0.6) is 11.5 Å². The molecular formula is C18H26N2O4. The summed E-state index contributed by atoms with van der Waals surface area (Å²) in [6.45, 7) is 5.65. The normalized spacial score (nSPS) is 17.6. The maximum atomic E-state index is 12.5. The Kier molecular flexibility index (Phi) is 6.90. The molecule has 6 heteroatoms. The van der Waals surface area contributed by atoms with Crippen molar-refractivity contribution >= 4 is 11.8 Å². The van der Waals surface area contributed by atoms with E-state index in [-0.39, 0.29) is 11.8 Å². The van der Waals surface area contributed by atoms with E-state index in [1.165, 1.54) is 0 Å². The first-order chi connectivity index (χ1) is 11.7. The van der Waals surface area contributed by atoms with Crippen LogP contribution in [0.2, 0.25) is 0 Å². The predicted molar refractivity (Wildman–Crippen MR) is 91.5 cm³/mol. The van der Waals surface area contributed by atoms with Crippen LogP contribution in [0.3, 0.4) is 0 Å². The zero-order chi connectivity index (χ0) is 17.4. The van der Waals surface area contributed by atoms with Gasteiger partial charge in [-0.25, -0.2) is 0 Å². The van der Waals surface area contributed by atoms with Crippen molar-refractivity contribution in [3.63, 3.8) is 0 Å². The van der Waals surface area contributed by atoms with Crippen LogP contribution in [-0.2, 0) is 4.79 Å². The van der Waals surface area contributed by atoms with E-state index in [1.54, 1.807) is 18.2 Å². The summed E-state index contributed by atoms with van der Waals surface area (Å²) in [4.78, 5) is 24.4. The molecule has 24 heavy (non-hydrogen) atoms. The molecule has 0 bridgehead atoms. The molecule has 132 valence electrons. The van der Waals surface area contributed by atoms with Gasteiger partial charge in [0.05, 0.1) is 13.2 Å². The Balaban J connectivity index is 2.10. The third kappa shape index (κ3) is 4.88. The second-order valence-electron chi connectivity index (χ2n) is 5.76. The molecule has 1 unspecified atom stereocenters. The van der Waals surface area contributed by atoms with E-state index in [0.29, 0.717) is 43.2 Å². The summed E-state index contributed by atoms with van der Waals surface area (Å²) < 4.78 is 11.2. The maximum Gasteiger partial charge on any atom is 0.252 e. The van der Waals surface area contributed by atoms with Gasteiger partial charge in [-0.3, -0.25) is 9.59 Å². The van der Waals surface area contributed by atoms with Crippen molar-refractivity contribution in [3.05, 3.63) is 23.8 Å². The molecule has 1 aliphatic rings. The van der Waals surface area contributed by atoms with Crippen molar-refractivity contribution in [1.29, 1.82) is 0 Å². The molecule has 0 aliphatic carbocycles. The van der Waals surface area contributed by atoms with Gasteiger partial charge in [0.1, 0.15) is 6.04 Å². The Morgan fingerprint density at radius 2 is 2.08 bits per heavy atom. The average Bonchev–Trinajstić information content (AvgIpc) is 2.78. The Bertz CT molecular complexity index is 574. The van der Waals surface area contributed by atoms with E-state index in [4.69, 9.17) is 9.47 Å². The first kappa shape index (κ1) is 18.1. The van der Waals surface area contributed by atoms with Gasteiger partial charge in [-0.2, -0.15) is 0 Å². The lowest BCUT2D eigenvalue weighted by Gasteiger charge is -2.16. The second kappa shape index (κ2) is 9.15. The molecule has 1 fully saturated rings. The van der Waals surface area contributed by atoms with Crippen LogP contribution in [0.25, 0.3) is 0 Å². The van der Waals surface area contributed by atoms with Crippen molar-refractivity contribution in [3.8, 4) is 11.5 Å². The van der Waals surface area contributed by atoms with Crippen LogP contribution in [0.15, 0.2) is 18.2 Å². The molecular weight excluding hydrogens is 308 g/mol. The fourth-order valence-electron chi connectivity index (χ4n) is 2.57. The summed E-state index contributed by atoms with van der Waals surface area (Å²) in [5.41, 5.74) is 0.458. The molecule has 2 N–H and O–H groups in total. The number of hydrogen-bond donors (Lipinski definition) is 2. The van der Waals surface area contributed by atoms with Gasteiger partial charge in [0.25, 0.3) is 5.91 Å². The van der Waals surface area contributed by atoms with Crippen LogP contribution >= 0.6 is 0 Å².